The monoisotopic (exact) mass is 303 g/mol. The molecule has 2 heterocycles. The lowest BCUT2D eigenvalue weighted by molar-refractivity contribution is 0.0992. The number of rotatable bonds is 3. The van der Waals surface area contributed by atoms with Crippen LogP contribution in [-0.2, 0) is 19.9 Å². The zero-order valence-electron chi connectivity index (χ0n) is 12.2. The minimum Gasteiger partial charge on any atom is -0.385 e. The third kappa shape index (κ3) is 2.56. The number of halogens is 1. The van der Waals surface area contributed by atoms with Crippen molar-refractivity contribution in [3.8, 4) is 0 Å². The van der Waals surface area contributed by atoms with E-state index in [0.29, 0.717) is 11.6 Å². The van der Waals surface area contributed by atoms with E-state index in [1.165, 1.54) is 0 Å². The van der Waals surface area contributed by atoms with Crippen molar-refractivity contribution in [1.29, 1.82) is 0 Å². The molecule has 0 fully saturated rings. The summed E-state index contributed by atoms with van der Waals surface area (Å²) in [7, 11) is 1.79. The number of Topliss-reactive ketones (excluding diaryl/α,β-unsaturated/α-hetero) is 1. The number of carbonyl (C=O) groups excluding carboxylic acids is 1. The van der Waals surface area contributed by atoms with Gasteiger partial charge in [-0.3, -0.25) is 9.48 Å². The molecule has 0 saturated heterocycles. The van der Waals surface area contributed by atoms with Crippen molar-refractivity contribution in [2.75, 3.05) is 11.9 Å². The summed E-state index contributed by atoms with van der Waals surface area (Å²) in [5.41, 5.74) is 4.66. The zero-order chi connectivity index (χ0) is 15.0. The molecule has 110 valence electrons. The van der Waals surface area contributed by atoms with Crippen LogP contribution < -0.4 is 5.32 Å². The van der Waals surface area contributed by atoms with Gasteiger partial charge in [-0.1, -0.05) is 23.7 Å². The fourth-order valence-corrected chi connectivity index (χ4v) is 3.14. The Balaban J connectivity index is 1.93. The van der Waals surface area contributed by atoms with E-state index in [9.17, 15) is 4.79 Å². The van der Waals surface area contributed by atoms with Crippen LogP contribution in [0.4, 0.5) is 5.69 Å². The molecule has 1 aromatic heterocycles. The summed E-state index contributed by atoms with van der Waals surface area (Å²) >= 11 is 6.22. The normalized spacial score (nSPS) is 13.7. The summed E-state index contributed by atoms with van der Waals surface area (Å²) in [6, 6.07) is 5.88. The van der Waals surface area contributed by atoms with Crippen LogP contribution >= 0.6 is 11.6 Å². The summed E-state index contributed by atoms with van der Waals surface area (Å²) in [6.07, 6.45) is 2.31. The Labute approximate surface area is 129 Å². The number of fused-ring (bicyclic) bond motifs is 1. The molecular weight excluding hydrogens is 286 g/mol. The van der Waals surface area contributed by atoms with Crippen LogP contribution in [0.5, 0.6) is 0 Å². The Bertz CT molecular complexity index is 706. The van der Waals surface area contributed by atoms with E-state index in [0.717, 1.165) is 47.5 Å². The molecule has 0 aliphatic carbocycles. The van der Waals surface area contributed by atoms with Gasteiger partial charge in [0.15, 0.2) is 5.78 Å². The lowest BCUT2D eigenvalue weighted by Gasteiger charge is -2.20. The molecule has 0 unspecified atom stereocenters. The summed E-state index contributed by atoms with van der Waals surface area (Å²) in [6.45, 7) is 2.86. The molecule has 0 bridgehead atoms. The standard InChI is InChI=1S/C16H18ClN3O/c1-10-13(16(17)20(2)19-10)9-15(21)12-5-3-7-14-11(12)6-4-8-18-14/h3,5,7,18H,4,6,8-9H2,1-2H3. The van der Waals surface area contributed by atoms with E-state index in [1.54, 1.807) is 11.7 Å². The Hall–Kier alpha value is -1.81. The van der Waals surface area contributed by atoms with E-state index in [1.807, 2.05) is 25.1 Å². The van der Waals surface area contributed by atoms with Crippen molar-refractivity contribution < 1.29 is 4.79 Å². The van der Waals surface area contributed by atoms with Gasteiger partial charge in [0.2, 0.25) is 0 Å². The largest absolute Gasteiger partial charge is 0.385 e. The third-order valence-corrected chi connectivity index (χ3v) is 4.48. The molecule has 0 saturated carbocycles. The van der Waals surface area contributed by atoms with E-state index < -0.39 is 0 Å². The van der Waals surface area contributed by atoms with Crippen LogP contribution in [0.2, 0.25) is 5.15 Å². The maximum absolute atomic E-state index is 12.7. The van der Waals surface area contributed by atoms with Crippen molar-refractivity contribution in [3.05, 3.63) is 45.7 Å². The highest BCUT2D eigenvalue weighted by Crippen LogP contribution is 2.27. The number of hydrogen-bond donors (Lipinski definition) is 1. The van der Waals surface area contributed by atoms with Crippen LogP contribution in [0.15, 0.2) is 18.2 Å². The average Bonchev–Trinajstić information content (AvgIpc) is 2.73. The Morgan fingerprint density at radius 3 is 3.00 bits per heavy atom. The van der Waals surface area contributed by atoms with Gasteiger partial charge in [-0.15, -0.1) is 0 Å². The molecule has 3 rings (SSSR count). The van der Waals surface area contributed by atoms with Gasteiger partial charge >= 0.3 is 0 Å². The second-order valence-corrected chi connectivity index (χ2v) is 5.80. The second-order valence-electron chi connectivity index (χ2n) is 5.44. The lowest BCUT2D eigenvalue weighted by Crippen LogP contribution is -2.16. The van der Waals surface area contributed by atoms with Gasteiger partial charge in [-0.05, 0) is 31.4 Å². The highest BCUT2D eigenvalue weighted by atomic mass is 35.5. The minimum absolute atomic E-state index is 0.105. The fraction of sp³-hybridized carbons (Fsp3) is 0.375. The second kappa shape index (κ2) is 5.53. The molecular formula is C16H18ClN3O. The Morgan fingerprint density at radius 2 is 2.29 bits per heavy atom. The van der Waals surface area contributed by atoms with E-state index >= 15 is 0 Å². The molecule has 0 amide bonds. The van der Waals surface area contributed by atoms with Crippen LogP contribution in [0, 0.1) is 6.92 Å². The number of nitrogens with one attached hydrogen (secondary N) is 1. The van der Waals surface area contributed by atoms with Gasteiger partial charge in [0.05, 0.1) is 5.69 Å². The van der Waals surface area contributed by atoms with E-state index in [4.69, 9.17) is 11.6 Å². The van der Waals surface area contributed by atoms with E-state index in [-0.39, 0.29) is 5.78 Å². The highest BCUT2D eigenvalue weighted by Gasteiger charge is 2.20. The molecule has 4 nitrogen and oxygen atoms in total. The average molecular weight is 304 g/mol. The molecule has 2 aromatic rings. The molecule has 1 aliphatic rings. The maximum atomic E-state index is 12.7. The number of ketones is 1. The van der Waals surface area contributed by atoms with Gasteiger partial charge in [-0.2, -0.15) is 5.10 Å². The number of aryl methyl sites for hydroxylation is 2. The summed E-state index contributed by atoms with van der Waals surface area (Å²) in [4.78, 5) is 12.7. The number of aromatic nitrogens is 2. The first-order chi connectivity index (χ1) is 10.1. The summed E-state index contributed by atoms with van der Waals surface area (Å²) in [5, 5.41) is 8.16. The number of hydrogen-bond acceptors (Lipinski definition) is 3. The predicted molar refractivity (Wildman–Crippen MR) is 84.2 cm³/mol. The molecule has 1 N–H and O–H groups in total. The number of carbonyl (C=O) groups is 1. The molecule has 21 heavy (non-hydrogen) atoms. The predicted octanol–water partition coefficient (Wildman–Crippen LogP) is 3.17. The highest BCUT2D eigenvalue weighted by molar-refractivity contribution is 6.30. The van der Waals surface area contributed by atoms with Gasteiger partial charge in [0, 0.05) is 36.8 Å². The number of nitrogens with zero attached hydrogens (tertiary/aromatic N) is 2. The molecule has 0 spiro atoms. The topological polar surface area (TPSA) is 46.9 Å². The van der Waals surface area contributed by atoms with Crippen molar-refractivity contribution in [2.24, 2.45) is 7.05 Å². The van der Waals surface area contributed by atoms with Gasteiger partial charge in [0.1, 0.15) is 5.15 Å². The van der Waals surface area contributed by atoms with Crippen molar-refractivity contribution in [2.45, 2.75) is 26.2 Å². The van der Waals surface area contributed by atoms with Crippen LogP contribution in [0.25, 0.3) is 0 Å². The van der Waals surface area contributed by atoms with Gasteiger partial charge < -0.3 is 5.32 Å². The van der Waals surface area contributed by atoms with Crippen LogP contribution in [0.3, 0.4) is 0 Å². The summed E-state index contributed by atoms with van der Waals surface area (Å²) in [5.74, 6) is 0.105. The van der Waals surface area contributed by atoms with E-state index in [2.05, 4.69) is 10.4 Å². The first-order valence-corrected chi connectivity index (χ1v) is 7.52. The first kappa shape index (κ1) is 14.1. The quantitative estimate of drug-likeness (QED) is 0.886. The Kier molecular flexibility index (Phi) is 3.72. The molecule has 1 aromatic carbocycles. The Morgan fingerprint density at radius 1 is 1.48 bits per heavy atom. The van der Waals surface area contributed by atoms with Crippen LogP contribution in [-0.4, -0.2) is 22.1 Å². The van der Waals surface area contributed by atoms with Gasteiger partial charge in [0.25, 0.3) is 0 Å². The summed E-state index contributed by atoms with van der Waals surface area (Å²) < 4.78 is 1.61. The smallest absolute Gasteiger partial charge is 0.167 e. The van der Waals surface area contributed by atoms with Crippen molar-refractivity contribution >= 4 is 23.1 Å². The van der Waals surface area contributed by atoms with Crippen LogP contribution in [0.1, 0.15) is 33.6 Å². The van der Waals surface area contributed by atoms with Crippen molar-refractivity contribution in [3.63, 3.8) is 0 Å². The first-order valence-electron chi connectivity index (χ1n) is 7.15. The maximum Gasteiger partial charge on any atom is 0.167 e. The lowest BCUT2D eigenvalue weighted by atomic mass is 9.93. The van der Waals surface area contributed by atoms with Crippen molar-refractivity contribution in [1.82, 2.24) is 9.78 Å². The van der Waals surface area contributed by atoms with Gasteiger partial charge in [-0.25, -0.2) is 0 Å². The third-order valence-electron chi connectivity index (χ3n) is 4.00. The molecule has 5 heteroatoms. The fourth-order valence-electron chi connectivity index (χ4n) is 2.90. The number of benzene rings is 1. The molecule has 0 atom stereocenters. The SMILES string of the molecule is Cc1nn(C)c(Cl)c1CC(=O)c1cccc2c1CCCN2. The number of anilines is 1. The molecule has 0 radical (unpaired) electrons. The molecule has 1 aliphatic heterocycles. The zero-order valence-corrected chi connectivity index (χ0v) is 13.0. The minimum atomic E-state index is 0.105.